The SMILES string of the molecule is CCCCCn1c(N2CCC[C@H]2C(=O)Nc2ccccc2)cc(=O)n2cc(-c3ccc(Cl)cc3)nc12. The predicted molar refractivity (Wildman–Crippen MR) is 145 cm³/mol. The third kappa shape index (κ3) is 4.88. The molecule has 1 aliphatic heterocycles. The summed E-state index contributed by atoms with van der Waals surface area (Å²) in [5, 5.41) is 3.69. The standard InChI is InChI=1S/C28H30ClN5O2/c1-2-3-7-16-33-25(32-17-8-11-24(32)27(36)30-22-9-5-4-6-10-22)18-26(35)34-19-23(31-28(33)34)20-12-14-21(29)15-13-20/h4-6,9-10,12-15,18-19,24H,2-3,7-8,11,16-17H2,1H3,(H,30,36)/t24-/m0/s1. The minimum atomic E-state index is -0.352. The van der Waals surface area contributed by atoms with Crippen molar-refractivity contribution < 1.29 is 4.79 Å². The molecule has 5 rings (SSSR count). The first-order chi connectivity index (χ1) is 17.5. The first-order valence-electron chi connectivity index (χ1n) is 12.6. The van der Waals surface area contributed by atoms with Crippen LogP contribution in [0.5, 0.6) is 0 Å². The number of carbonyl (C=O) groups is 1. The molecule has 0 bridgehead atoms. The number of unbranched alkanes of at least 4 members (excludes halogenated alkanes) is 2. The number of benzene rings is 2. The molecule has 8 heteroatoms. The van der Waals surface area contributed by atoms with Gasteiger partial charge in [0, 0.05) is 41.6 Å². The number of halogens is 1. The van der Waals surface area contributed by atoms with E-state index < -0.39 is 0 Å². The van der Waals surface area contributed by atoms with Crippen molar-refractivity contribution in [3.8, 4) is 11.3 Å². The molecule has 0 spiro atoms. The molecule has 2 aromatic heterocycles. The van der Waals surface area contributed by atoms with Crippen LogP contribution in [-0.2, 0) is 11.3 Å². The highest BCUT2D eigenvalue weighted by Crippen LogP contribution is 2.29. The number of carbonyl (C=O) groups excluding carboxylic acids is 1. The van der Waals surface area contributed by atoms with Crippen LogP contribution in [0, 0.1) is 0 Å². The molecule has 1 fully saturated rings. The first-order valence-corrected chi connectivity index (χ1v) is 12.9. The molecule has 36 heavy (non-hydrogen) atoms. The van der Waals surface area contributed by atoms with Crippen molar-refractivity contribution in [2.75, 3.05) is 16.8 Å². The second kappa shape index (κ2) is 10.6. The van der Waals surface area contributed by atoms with Gasteiger partial charge >= 0.3 is 0 Å². The second-order valence-corrected chi connectivity index (χ2v) is 9.65. The molecular weight excluding hydrogens is 474 g/mol. The van der Waals surface area contributed by atoms with Gasteiger partial charge < -0.3 is 10.2 Å². The normalized spacial score (nSPS) is 15.5. The van der Waals surface area contributed by atoms with Gasteiger partial charge in [0.05, 0.1) is 5.69 Å². The van der Waals surface area contributed by atoms with Crippen molar-refractivity contribution in [3.05, 3.63) is 82.2 Å². The average molecular weight is 504 g/mol. The Hall–Kier alpha value is -3.58. The Morgan fingerprint density at radius 1 is 1.11 bits per heavy atom. The minimum Gasteiger partial charge on any atom is -0.346 e. The molecular formula is C28H30ClN5O2. The molecule has 0 saturated carbocycles. The lowest BCUT2D eigenvalue weighted by molar-refractivity contribution is -0.117. The van der Waals surface area contributed by atoms with E-state index in [-0.39, 0.29) is 17.5 Å². The Morgan fingerprint density at radius 3 is 2.64 bits per heavy atom. The summed E-state index contributed by atoms with van der Waals surface area (Å²) < 4.78 is 3.71. The zero-order chi connectivity index (χ0) is 25.1. The largest absolute Gasteiger partial charge is 0.346 e. The number of imidazole rings is 1. The van der Waals surface area contributed by atoms with Crippen molar-refractivity contribution in [2.24, 2.45) is 0 Å². The molecule has 1 N–H and O–H groups in total. The molecule has 1 aliphatic rings. The Kier molecular flexibility index (Phi) is 7.09. The summed E-state index contributed by atoms with van der Waals surface area (Å²) >= 11 is 6.07. The number of anilines is 2. The van der Waals surface area contributed by atoms with Crippen LogP contribution in [0.15, 0.2) is 71.7 Å². The molecule has 7 nitrogen and oxygen atoms in total. The maximum Gasteiger partial charge on any atom is 0.261 e. The third-order valence-electron chi connectivity index (χ3n) is 6.71. The number of aromatic nitrogens is 3. The zero-order valence-corrected chi connectivity index (χ0v) is 21.1. The molecule has 0 aliphatic carbocycles. The summed E-state index contributed by atoms with van der Waals surface area (Å²) in [6.07, 6.45) is 6.51. The maximum atomic E-state index is 13.3. The van der Waals surface area contributed by atoms with E-state index in [4.69, 9.17) is 16.6 Å². The number of amides is 1. The highest BCUT2D eigenvalue weighted by molar-refractivity contribution is 6.30. The first kappa shape index (κ1) is 24.1. The molecule has 3 heterocycles. The lowest BCUT2D eigenvalue weighted by atomic mass is 10.2. The van der Waals surface area contributed by atoms with Crippen LogP contribution in [0.4, 0.5) is 11.5 Å². The summed E-state index contributed by atoms with van der Waals surface area (Å²) in [4.78, 5) is 33.5. The number of rotatable bonds is 8. The molecule has 1 amide bonds. The van der Waals surface area contributed by atoms with E-state index in [9.17, 15) is 9.59 Å². The lowest BCUT2D eigenvalue weighted by Gasteiger charge is -2.29. The van der Waals surface area contributed by atoms with Gasteiger partial charge in [-0.3, -0.25) is 18.6 Å². The average Bonchev–Trinajstić information content (AvgIpc) is 3.55. The Bertz CT molecular complexity index is 1410. The summed E-state index contributed by atoms with van der Waals surface area (Å²) in [7, 11) is 0. The number of hydrogen-bond donors (Lipinski definition) is 1. The Balaban J connectivity index is 1.55. The van der Waals surface area contributed by atoms with Crippen LogP contribution < -0.4 is 15.8 Å². The van der Waals surface area contributed by atoms with Gasteiger partial charge in [0.1, 0.15) is 11.9 Å². The second-order valence-electron chi connectivity index (χ2n) is 9.21. The highest BCUT2D eigenvalue weighted by Gasteiger charge is 2.33. The number of nitrogens with zero attached hydrogens (tertiary/aromatic N) is 4. The fourth-order valence-corrected chi connectivity index (χ4v) is 5.00. The van der Waals surface area contributed by atoms with Gasteiger partial charge in [-0.15, -0.1) is 0 Å². The van der Waals surface area contributed by atoms with Gasteiger partial charge in [0.15, 0.2) is 0 Å². The maximum absolute atomic E-state index is 13.3. The van der Waals surface area contributed by atoms with Crippen molar-refractivity contribution in [2.45, 2.75) is 51.6 Å². The third-order valence-corrected chi connectivity index (χ3v) is 6.96. The molecule has 0 radical (unpaired) electrons. The van der Waals surface area contributed by atoms with E-state index in [0.29, 0.717) is 29.6 Å². The van der Waals surface area contributed by atoms with Crippen LogP contribution in [0.1, 0.15) is 39.0 Å². The number of fused-ring (bicyclic) bond motifs is 1. The zero-order valence-electron chi connectivity index (χ0n) is 20.4. The summed E-state index contributed by atoms with van der Waals surface area (Å²) in [6, 6.07) is 18.2. The van der Waals surface area contributed by atoms with Crippen LogP contribution >= 0.6 is 11.6 Å². The van der Waals surface area contributed by atoms with Crippen LogP contribution in [0.2, 0.25) is 5.02 Å². The topological polar surface area (TPSA) is 71.6 Å². The van der Waals surface area contributed by atoms with E-state index in [1.54, 1.807) is 16.7 Å². The summed E-state index contributed by atoms with van der Waals surface area (Å²) in [6.45, 7) is 3.59. The van der Waals surface area contributed by atoms with E-state index in [1.807, 2.05) is 54.6 Å². The van der Waals surface area contributed by atoms with Gasteiger partial charge in [0.2, 0.25) is 11.7 Å². The number of hydrogen-bond acceptors (Lipinski definition) is 4. The molecule has 2 aromatic carbocycles. The fraction of sp³-hybridized carbons (Fsp3) is 0.321. The fourth-order valence-electron chi connectivity index (χ4n) is 4.88. The quantitative estimate of drug-likeness (QED) is 0.317. The van der Waals surface area contributed by atoms with Crippen LogP contribution in [0.25, 0.3) is 17.0 Å². The van der Waals surface area contributed by atoms with Crippen molar-refractivity contribution in [1.82, 2.24) is 14.0 Å². The molecule has 1 saturated heterocycles. The molecule has 1 atom stereocenters. The summed E-state index contributed by atoms with van der Waals surface area (Å²) in [5.74, 6) is 1.28. The smallest absolute Gasteiger partial charge is 0.261 e. The van der Waals surface area contributed by atoms with Gasteiger partial charge in [-0.05, 0) is 43.5 Å². The van der Waals surface area contributed by atoms with Gasteiger partial charge in [-0.2, -0.15) is 0 Å². The van der Waals surface area contributed by atoms with E-state index in [2.05, 4.69) is 21.7 Å². The predicted octanol–water partition coefficient (Wildman–Crippen LogP) is 5.61. The van der Waals surface area contributed by atoms with E-state index in [1.165, 1.54) is 0 Å². The Morgan fingerprint density at radius 2 is 1.89 bits per heavy atom. The van der Waals surface area contributed by atoms with E-state index in [0.717, 1.165) is 49.2 Å². The number of aryl methyl sites for hydroxylation is 1. The van der Waals surface area contributed by atoms with Gasteiger partial charge in [-0.1, -0.05) is 61.7 Å². The van der Waals surface area contributed by atoms with Crippen LogP contribution in [-0.4, -0.2) is 32.4 Å². The van der Waals surface area contributed by atoms with E-state index >= 15 is 0 Å². The highest BCUT2D eigenvalue weighted by atomic mass is 35.5. The Labute approximate surface area is 215 Å². The van der Waals surface area contributed by atoms with Crippen molar-refractivity contribution in [3.63, 3.8) is 0 Å². The monoisotopic (exact) mass is 503 g/mol. The van der Waals surface area contributed by atoms with Crippen molar-refractivity contribution >= 4 is 34.8 Å². The number of para-hydroxylation sites is 1. The van der Waals surface area contributed by atoms with Gasteiger partial charge in [0.25, 0.3) is 5.56 Å². The minimum absolute atomic E-state index is 0.0590. The van der Waals surface area contributed by atoms with Gasteiger partial charge in [-0.25, -0.2) is 4.98 Å². The summed E-state index contributed by atoms with van der Waals surface area (Å²) in [5.41, 5.74) is 2.22. The van der Waals surface area contributed by atoms with Crippen molar-refractivity contribution in [1.29, 1.82) is 0 Å². The molecule has 0 unspecified atom stereocenters. The van der Waals surface area contributed by atoms with Crippen LogP contribution in [0.3, 0.4) is 0 Å². The number of nitrogens with one attached hydrogen (secondary N) is 1. The lowest BCUT2D eigenvalue weighted by Crippen LogP contribution is -2.42. The molecule has 4 aromatic rings. The molecule has 186 valence electrons.